The maximum absolute atomic E-state index is 12.0. The van der Waals surface area contributed by atoms with E-state index >= 15 is 0 Å². The second-order valence-electron chi connectivity index (χ2n) is 7.14. The van der Waals surface area contributed by atoms with Gasteiger partial charge in [0.25, 0.3) is 0 Å². The normalized spacial score (nSPS) is 17.1. The Morgan fingerprint density at radius 1 is 1.36 bits per heavy atom. The minimum absolute atomic E-state index is 0.210. The van der Waals surface area contributed by atoms with Gasteiger partial charge in [0.05, 0.1) is 4.75 Å². The molecule has 2 aromatic heterocycles. The van der Waals surface area contributed by atoms with Crippen LogP contribution in [0.2, 0.25) is 0 Å². The molecule has 25 heavy (non-hydrogen) atoms. The largest absolute Gasteiger partial charge is 0.389 e. The number of fused-ring (bicyclic) bond motifs is 1. The third-order valence-corrected chi connectivity index (χ3v) is 8.01. The predicted octanol–water partition coefficient (Wildman–Crippen LogP) is 3.89. The average Bonchev–Trinajstić information content (AvgIpc) is 3.04. The average molecular weight is 442 g/mol. The molecule has 2 aromatic rings. The van der Waals surface area contributed by atoms with Crippen molar-refractivity contribution in [2.75, 3.05) is 6.61 Å². The van der Waals surface area contributed by atoms with E-state index in [0.29, 0.717) is 9.89 Å². The maximum Gasteiger partial charge on any atom is 0.206 e. The molecule has 8 heteroatoms. The number of Topliss-reactive ketones (excluding diaryl/α,β-unsaturated/α-hetero) is 1. The number of carbonyl (C=O) groups is 1. The number of aromatic nitrogens is 3. The Kier molecular flexibility index (Phi) is 4.58. The zero-order chi connectivity index (χ0) is 17.8. The second-order valence-corrected chi connectivity index (χ2v) is 10.5. The van der Waals surface area contributed by atoms with Crippen molar-refractivity contribution >= 4 is 44.8 Å². The number of thiophene rings is 1. The Morgan fingerprint density at radius 3 is 2.76 bits per heavy atom. The van der Waals surface area contributed by atoms with Crippen LogP contribution in [0, 0.1) is 0 Å². The summed E-state index contributed by atoms with van der Waals surface area (Å²) in [5.74, 6) is 0.530. The highest BCUT2D eigenvalue weighted by atomic mass is 79.9. The molecule has 0 radical (unpaired) electrons. The fourth-order valence-electron chi connectivity index (χ4n) is 3.30. The van der Waals surface area contributed by atoms with Crippen LogP contribution in [0.4, 0.5) is 0 Å². The van der Waals surface area contributed by atoms with Crippen molar-refractivity contribution < 1.29 is 9.90 Å². The zero-order valence-electron chi connectivity index (χ0n) is 14.2. The summed E-state index contributed by atoms with van der Waals surface area (Å²) in [4.78, 5) is 13.6. The van der Waals surface area contributed by atoms with Crippen molar-refractivity contribution in [1.82, 2.24) is 14.8 Å². The van der Waals surface area contributed by atoms with Gasteiger partial charge >= 0.3 is 0 Å². The maximum atomic E-state index is 12.0. The van der Waals surface area contributed by atoms with E-state index < -0.39 is 11.4 Å². The summed E-state index contributed by atoms with van der Waals surface area (Å²) in [7, 11) is 0. The van der Waals surface area contributed by atoms with E-state index in [1.807, 2.05) is 29.8 Å². The lowest BCUT2D eigenvalue weighted by Gasteiger charge is -2.20. The number of hydrogen-bond acceptors (Lipinski definition) is 6. The fourth-order valence-corrected chi connectivity index (χ4v) is 6.57. The van der Waals surface area contributed by atoms with Gasteiger partial charge in [-0.3, -0.25) is 9.36 Å². The number of nitrogens with zero attached hydrogens (tertiary/aromatic N) is 3. The van der Waals surface area contributed by atoms with Crippen LogP contribution < -0.4 is 0 Å². The number of rotatable bonds is 6. The van der Waals surface area contributed by atoms with Crippen LogP contribution >= 0.6 is 39.0 Å². The number of hydrogen-bond donors (Lipinski definition) is 1. The Balaban J connectivity index is 1.76. The van der Waals surface area contributed by atoms with Crippen LogP contribution in [-0.2, 0) is 17.6 Å². The van der Waals surface area contributed by atoms with Gasteiger partial charge in [0, 0.05) is 4.88 Å². The van der Waals surface area contributed by atoms with Gasteiger partial charge in [0.15, 0.2) is 10.9 Å². The number of ketones is 1. The number of halogens is 1. The summed E-state index contributed by atoms with van der Waals surface area (Å²) in [6, 6.07) is 0. The molecule has 2 heterocycles. The molecule has 0 amide bonds. The van der Waals surface area contributed by atoms with Crippen LogP contribution in [0.5, 0.6) is 0 Å². The highest BCUT2D eigenvalue weighted by Gasteiger charge is 2.35. The minimum atomic E-state index is -0.751. The van der Waals surface area contributed by atoms with Gasteiger partial charge < -0.3 is 5.11 Å². The van der Waals surface area contributed by atoms with E-state index in [2.05, 4.69) is 26.1 Å². The lowest BCUT2D eigenvalue weighted by atomic mass is 10.1. The highest BCUT2D eigenvalue weighted by Crippen LogP contribution is 2.51. The molecule has 4 rings (SSSR count). The monoisotopic (exact) mass is 441 g/mol. The first-order chi connectivity index (χ1) is 11.9. The van der Waals surface area contributed by atoms with Crippen LogP contribution in [0.1, 0.15) is 55.0 Å². The first-order valence-corrected chi connectivity index (χ1v) is 10.9. The molecule has 2 aliphatic carbocycles. The smallest absolute Gasteiger partial charge is 0.206 e. The van der Waals surface area contributed by atoms with E-state index in [1.54, 1.807) is 10.4 Å². The molecular weight excluding hydrogens is 422 g/mol. The molecule has 1 saturated carbocycles. The van der Waals surface area contributed by atoms with Crippen LogP contribution in [0.25, 0.3) is 5.00 Å². The third-order valence-electron chi connectivity index (χ3n) is 4.89. The zero-order valence-corrected chi connectivity index (χ0v) is 17.4. The quantitative estimate of drug-likeness (QED) is 0.688. The van der Waals surface area contributed by atoms with E-state index in [4.69, 9.17) is 0 Å². The summed E-state index contributed by atoms with van der Waals surface area (Å²) in [5.41, 5.74) is 2.98. The van der Waals surface area contributed by atoms with Gasteiger partial charge in [-0.2, -0.15) is 0 Å². The van der Waals surface area contributed by atoms with Gasteiger partial charge in [0.1, 0.15) is 11.6 Å². The SMILES string of the molecule is CC(C)(Sc1nnc(Br)n1-c1sc(C2CC2)c2c1CCC2)C(=O)CO. The Bertz CT molecular complexity index is 839. The van der Waals surface area contributed by atoms with Crippen molar-refractivity contribution in [1.29, 1.82) is 0 Å². The minimum Gasteiger partial charge on any atom is -0.389 e. The number of aliphatic hydroxyl groups excluding tert-OH is 1. The number of carbonyl (C=O) groups excluding carboxylic acids is 1. The summed E-state index contributed by atoms with van der Waals surface area (Å²) < 4.78 is 1.96. The number of thioether (sulfide) groups is 1. The van der Waals surface area contributed by atoms with E-state index in [0.717, 1.165) is 12.3 Å². The van der Waals surface area contributed by atoms with Crippen molar-refractivity contribution in [2.45, 2.75) is 61.8 Å². The lowest BCUT2D eigenvalue weighted by molar-refractivity contribution is -0.123. The van der Waals surface area contributed by atoms with Gasteiger partial charge in [0.2, 0.25) is 4.73 Å². The second kappa shape index (κ2) is 6.48. The van der Waals surface area contributed by atoms with Crippen LogP contribution in [-0.4, -0.2) is 37.0 Å². The molecule has 2 aliphatic rings. The van der Waals surface area contributed by atoms with Gasteiger partial charge in [-0.05, 0) is 78.9 Å². The summed E-state index contributed by atoms with van der Waals surface area (Å²) >= 11 is 6.75. The summed E-state index contributed by atoms with van der Waals surface area (Å²) in [6.07, 6.45) is 6.09. The van der Waals surface area contributed by atoms with Gasteiger partial charge in [-0.25, -0.2) is 0 Å². The lowest BCUT2D eigenvalue weighted by Crippen LogP contribution is -2.30. The summed E-state index contributed by atoms with van der Waals surface area (Å²) in [6.45, 7) is 3.17. The predicted molar refractivity (Wildman–Crippen MR) is 103 cm³/mol. The molecule has 0 bridgehead atoms. The molecule has 5 nitrogen and oxygen atoms in total. The van der Waals surface area contributed by atoms with Gasteiger partial charge in [-0.1, -0.05) is 11.8 Å². The van der Waals surface area contributed by atoms with Crippen molar-refractivity contribution in [3.05, 3.63) is 20.7 Å². The van der Waals surface area contributed by atoms with E-state index in [1.165, 1.54) is 48.0 Å². The molecule has 0 spiro atoms. The van der Waals surface area contributed by atoms with Crippen molar-refractivity contribution in [3.63, 3.8) is 0 Å². The van der Waals surface area contributed by atoms with E-state index in [9.17, 15) is 9.90 Å². The first kappa shape index (κ1) is 17.7. The molecular formula is C17H20BrN3O2S2. The Labute approximate surface area is 163 Å². The topological polar surface area (TPSA) is 68.0 Å². The molecule has 0 saturated heterocycles. The molecule has 0 aliphatic heterocycles. The van der Waals surface area contributed by atoms with E-state index in [-0.39, 0.29) is 5.78 Å². The molecule has 1 fully saturated rings. The molecule has 1 N–H and O–H groups in total. The molecule has 0 unspecified atom stereocenters. The van der Waals surface area contributed by atoms with Gasteiger partial charge in [-0.15, -0.1) is 21.5 Å². The number of aliphatic hydroxyl groups is 1. The Morgan fingerprint density at radius 2 is 2.08 bits per heavy atom. The third kappa shape index (κ3) is 3.11. The van der Waals surface area contributed by atoms with Crippen LogP contribution in [0.3, 0.4) is 0 Å². The fraction of sp³-hybridized carbons (Fsp3) is 0.588. The van der Waals surface area contributed by atoms with Crippen LogP contribution in [0.15, 0.2) is 9.89 Å². The molecule has 0 aromatic carbocycles. The van der Waals surface area contributed by atoms with Crippen molar-refractivity contribution in [2.24, 2.45) is 0 Å². The summed E-state index contributed by atoms with van der Waals surface area (Å²) in [5, 5.41) is 19.6. The Hall–Kier alpha value is -0.700. The van der Waals surface area contributed by atoms with Crippen molar-refractivity contribution in [3.8, 4) is 5.00 Å². The highest BCUT2D eigenvalue weighted by molar-refractivity contribution is 9.10. The first-order valence-electron chi connectivity index (χ1n) is 8.51. The standard InChI is InChI=1S/C17H20BrN3O2S2/c1-17(2,12(23)8-22)25-16-20-19-15(18)21(16)14-11-5-3-4-10(11)13(24-14)9-6-7-9/h9,22H,3-8H2,1-2H3. The molecule has 134 valence electrons. The molecule has 0 atom stereocenters.